The molecule has 1 aromatic heterocycles. The van der Waals surface area contributed by atoms with E-state index in [1.807, 2.05) is 36.2 Å². The summed E-state index contributed by atoms with van der Waals surface area (Å²) >= 11 is 0. The topological polar surface area (TPSA) is 64.2 Å². The molecule has 124 valence electrons. The van der Waals surface area contributed by atoms with Crippen LogP contribution in [0.1, 0.15) is 47.9 Å². The molecule has 1 aromatic carbocycles. The SMILES string of the molecule is CC(C)c1cc(C(=O)N2CCCc3c(N)cccc32)n(C)n1.Cl. The van der Waals surface area contributed by atoms with E-state index in [-0.39, 0.29) is 18.3 Å². The predicted octanol–water partition coefficient (Wildman–Crippen LogP) is 3.14. The van der Waals surface area contributed by atoms with Gasteiger partial charge in [-0.25, -0.2) is 0 Å². The maximum atomic E-state index is 13.0. The number of amides is 1. The average Bonchev–Trinajstić information content (AvgIpc) is 2.89. The number of nitrogens with zero attached hydrogens (tertiary/aromatic N) is 3. The molecule has 0 saturated heterocycles. The first kappa shape index (κ1) is 17.3. The lowest BCUT2D eigenvalue weighted by Gasteiger charge is -2.30. The monoisotopic (exact) mass is 334 g/mol. The lowest BCUT2D eigenvalue weighted by molar-refractivity contribution is 0.0976. The molecule has 0 unspecified atom stereocenters. The Hall–Kier alpha value is -2.01. The molecule has 0 fully saturated rings. The van der Waals surface area contributed by atoms with Crippen LogP contribution >= 0.6 is 12.4 Å². The van der Waals surface area contributed by atoms with E-state index in [1.54, 1.807) is 4.68 Å². The first-order valence-corrected chi connectivity index (χ1v) is 7.72. The first-order chi connectivity index (χ1) is 10.5. The van der Waals surface area contributed by atoms with Crippen LogP contribution in [-0.4, -0.2) is 22.2 Å². The number of carbonyl (C=O) groups excluding carboxylic acids is 1. The summed E-state index contributed by atoms with van der Waals surface area (Å²) in [7, 11) is 1.82. The van der Waals surface area contributed by atoms with Crippen LogP contribution in [0.2, 0.25) is 0 Å². The second-order valence-corrected chi connectivity index (χ2v) is 6.14. The van der Waals surface area contributed by atoms with Gasteiger partial charge < -0.3 is 10.6 Å². The van der Waals surface area contributed by atoms with Crippen LogP contribution in [0.15, 0.2) is 24.3 Å². The van der Waals surface area contributed by atoms with Crippen LogP contribution < -0.4 is 10.6 Å². The fourth-order valence-corrected chi connectivity index (χ4v) is 2.97. The molecule has 0 saturated carbocycles. The number of benzene rings is 1. The van der Waals surface area contributed by atoms with Gasteiger partial charge in [0.1, 0.15) is 5.69 Å². The molecule has 0 aliphatic carbocycles. The van der Waals surface area contributed by atoms with Crippen LogP contribution in [-0.2, 0) is 13.5 Å². The van der Waals surface area contributed by atoms with E-state index in [0.29, 0.717) is 11.6 Å². The van der Waals surface area contributed by atoms with Crippen molar-refractivity contribution in [1.29, 1.82) is 0 Å². The molecule has 0 spiro atoms. The number of aryl methyl sites for hydroxylation is 1. The van der Waals surface area contributed by atoms with Gasteiger partial charge in [0, 0.05) is 25.0 Å². The van der Waals surface area contributed by atoms with Crippen molar-refractivity contribution < 1.29 is 4.79 Å². The van der Waals surface area contributed by atoms with Gasteiger partial charge >= 0.3 is 0 Å². The Balaban J connectivity index is 0.00000192. The van der Waals surface area contributed by atoms with Gasteiger partial charge in [-0.15, -0.1) is 12.4 Å². The zero-order valence-electron chi connectivity index (χ0n) is 13.7. The number of hydrogen-bond donors (Lipinski definition) is 1. The van der Waals surface area contributed by atoms with Crippen molar-refractivity contribution in [2.75, 3.05) is 17.2 Å². The number of rotatable bonds is 2. The van der Waals surface area contributed by atoms with Gasteiger partial charge in [0.05, 0.1) is 5.69 Å². The van der Waals surface area contributed by atoms with E-state index in [4.69, 9.17) is 5.73 Å². The first-order valence-electron chi connectivity index (χ1n) is 7.72. The van der Waals surface area contributed by atoms with E-state index < -0.39 is 0 Å². The maximum absolute atomic E-state index is 13.0. The minimum Gasteiger partial charge on any atom is -0.398 e. The molecule has 1 aliphatic rings. The molecule has 1 amide bonds. The third kappa shape index (κ3) is 3.06. The van der Waals surface area contributed by atoms with Crippen molar-refractivity contribution in [2.45, 2.75) is 32.6 Å². The molecule has 23 heavy (non-hydrogen) atoms. The molecule has 0 atom stereocenters. The summed E-state index contributed by atoms with van der Waals surface area (Å²) < 4.78 is 1.68. The Morgan fingerprint density at radius 1 is 1.35 bits per heavy atom. The maximum Gasteiger partial charge on any atom is 0.276 e. The summed E-state index contributed by atoms with van der Waals surface area (Å²) in [6.07, 6.45) is 1.86. The van der Waals surface area contributed by atoms with Crippen LogP contribution in [0.25, 0.3) is 0 Å². The van der Waals surface area contributed by atoms with Crippen molar-refractivity contribution in [3.63, 3.8) is 0 Å². The lowest BCUT2D eigenvalue weighted by atomic mass is 9.99. The number of nitrogen functional groups attached to an aromatic ring is 1. The molecule has 0 radical (unpaired) electrons. The number of hydrogen-bond acceptors (Lipinski definition) is 3. The molecule has 2 heterocycles. The van der Waals surface area contributed by atoms with Crippen molar-refractivity contribution in [1.82, 2.24) is 9.78 Å². The third-order valence-corrected chi connectivity index (χ3v) is 4.24. The summed E-state index contributed by atoms with van der Waals surface area (Å²) in [5.74, 6) is 0.297. The average molecular weight is 335 g/mol. The highest BCUT2D eigenvalue weighted by atomic mass is 35.5. The standard InChI is InChI=1S/C17H22N4O.ClH/c1-11(2)14-10-16(20(3)19-14)17(22)21-9-5-6-12-13(18)7-4-8-15(12)21;/h4,7-8,10-11H,5-6,9,18H2,1-3H3;1H. The Morgan fingerprint density at radius 3 is 2.74 bits per heavy atom. The van der Waals surface area contributed by atoms with Crippen LogP contribution in [0.4, 0.5) is 11.4 Å². The predicted molar refractivity (Wildman–Crippen MR) is 95.4 cm³/mol. The molecule has 1 aliphatic heterocycles. The normalized spacial score (nSPS) is 13.7. The molecule has 2 aromatic rings. The number of anilines is 2. The van der Waals surface area contributed by atoms with Gasteiger partial charge in [0.15, 0.2) is 0 Å². The highest BCUT2D eigenvalue weighted by Gasteiger charge is 2.27. The molecular weight excluding hydrogens is 312 g/mol. The van der Waals surface area contributed by atoms with Crippen LogP contribution in [0.3, 0.4) is 0 Å². The second kappa shape index (κ2) is 6.62. The summed E-state index contributed by atoms with van der Waals surface area (Å²) in [4.78, 5) is 14.8. The zero-order valence-corrected chi connectivity index (χ0v) is 14.6. The summed E-state index contributed by atoms with van der Waals surface area (Å²) in [5, 5.41) is 4.44. The highest BCUT2D eigenvalue weighted by molar-refractivity contribution is 6.06. The fourth-order valence-electron chi connectivity index (χ4n) is 2.97. The molecule has 0 bridgehead atoms. The number of nitrogens with two attached hydrogens (primary N) is 1. The van der Waals surface area contributed by atoms with E-state index in [9.17, 15) is 4.79 Å². The number of carbonyl (C=O) groups is 1. The van der Waals surface area contributed by atoms with Gasteiger partial charge in [-0.1, -0.05) is 19.9 Å². The largest absolute Gasteiger partial charge is 0.398 e. The number of halogens is 1. The van der Waals surface area contributed by atoms with Crippen LogP contribution in [0.5, 0.6) is 0 Å². The molecule has 2 N–H and O–H groups in total. The van der Waals surface area contributed by atoms with E-state index in [1.165, 1.54) is 0 Å². The minimum absolute atomic E-state index is 0. The highest BCUT2D eigenvalue weighted by Crippen LogP contribution is 2.32. The van der Waals surface area contributed by atoms with E-state index in [2.05, 4.69) is 18.9 Å². The second-order valence-electron chi connectivity index (χ2n) is 6.14. The molecule has 6 heteroatoms. The molecular formula is C17H23ClN4O. The van der Waals surface area contributed by atoms with Crippen molar-refractivity contribution >= 4 is 29.7 Å². The number of aromatic nitrogens is 2. The Bertz CT molecular complexity index is 723. The lowest BCUT2D eigenvalue weighted by Crippen LogP contribution is -2.36. The van der Waals surface area contributed by atoms with Gasteiger partial charge in [-0.05, 0) is 42.5 Å². The fraction of sp³-hybridized carbons (Fsp3) is 0.412. The Labute approximate surface area is 142 Å². The van der Waals surface area contributed by atoms with E-state index in [0.717, 1.165) is 42.0 Å². The van der Waals surface area contributed by atoms with Crippen molar-refractivity contribution in [3.05, 3.63) is 41.2 Å². The summed E-state index contributed by atoms with van der Waals surface area (Å²) in [6, 6.07) is 7.67. The quantitative estimate of drug-likeness (QED) is 0.858. The molecule has 3 rings (SSSR count). The zero-order chi connectivity index (χ0) is 15.9. The summed E-state index contributed by atoms with van der Waals surface area (Å²) in [5.41, 5.74) is 10.4. The van der Waals surface area contributed by atoms with Crippen molar-refractivity contribution in [3.8, 4) is 0 Å². The van der Waals surface area contributed by atoms with Gasteiger partial charge in [0.25, 0.3) is 5.91 Å². The van der Waals surface area contributed by atoms with E-state index >= 15 is 0 Å². The Kier molecular flexibility index (Phi) is 5.00. The third-order valence-electron chi connectivity index (χ3n) is 4.24. The molecule has 5 nitrogen and oxygen atoms in total. The van der Waals surface area contributed by atoms with Gasteiger partial charge in [-0.3, -0.25) is 9.48 Å². The van der Waals surface area contributed by atoms with Crippen molar-refractivity contribution in [2.24, 2.45) is 7.05 Å². The smallest absolute Gasteiger partial charge is 0.276 e. The minimum atomic E-state index is -0.00606. The Morgan fingerprint density at radius 2 is 2.09 bits per heavy atom. The number of fused-ring (bicyclic) bond motifs is 1. The van der Waals surface area contributed by atoms with Gasteiger partial charge in [-0.2, -0.15) is 5.10 Å². The van der Waals surface area contributed by atoms with Crippen LogP contribution in [0, 0.1) is 0 Å². The summed E-state index contributed by atoms with van der Waals surface area (Å²) in [6.45, 7) is 4.87. The van der Waals surface area contributed by atoms with Gasteiger partial charge in [0.2, 0.25) is 0 Å².